The highest BCUT2D eigenvalue weighted by Gasteiger charge is 2.42. The van der Waals surface area contributed by atoms with Gasteiger partial charge in [-0.3, -0.25) is 0 Å². The van der Waals surface area contributed by atoms with E-state index in [1.165, 1.54) is 6.07 Å². The highest BCUT2D eigenvalue weighted by molar-refractivity contribution is 9.10. The predicted molar refractivity (Wildman–Crippen MR) is 96.8 cm³/mol. The summed E-state index contributed by atoms with van der Waals surface area (Å²) in [6.07, 6.45) is 0.827. The Kier molecular flexibility index (Phi) is 4.33. The van der Waals surface area contributed by atoms with Crippen molar-refractivity contribution in [3.8, 4) is 11.5 Å². The molecule has 2 aromatic rings. The highest BCUT2D eigenvalue weighted by atomic mass is 79.9. The lowest BCUT2D eigenvalue weighted by atomic mass is 9.81. The minimum Gasteiger partial charge on any atom is -0.493 e. The summed E-state index contributed by atoms with van der Waals surface area (Å²) in [7, 11) is 3.24. The SMILES string of the molecule is COc1cc([C@H]2Nc3ccc(F)cc3[C@H]3OCC[C@@H]23)cc(Br)c1OC. The van der Waals surface area contributed by atoms with E-state index in [1.807, 2.05) is 12.1 Å². The van der Waals surface area contributed by atoms with Crippen molar-refractivity contribution in [1.82, 2.24) is 0 Å². The van der Waals surface area contributed by atoms with Crippen molar-refractivity contribution in [2.45, 2.75) is 18.6 Å². The summed E-state index contributed by atoms with van der Waals surface area (Å²) in [6.45, 7) is 0.678. The van der Waals surface area contributed by atoms with Gasteiger partial charge in [0, 0.05) is 23.8 Å². The maximum atomic E-state index is 13.7. The Morgan fingerprint density at radius 1 is 1.20 bits per heavy atom. The van der Waals surface area contributed by atoms with Crippen LogP contribution in [0.5, 0.6) is 11.5 Å². The zero-order valence-corrected chi connectivity index (χ0v) is 15.6. The lowest BCUT2D eigenvalue weighted by Gasteiger charge is -2.36. The molecule has 25 heavy (non-hydrogen) atoms. The van der Waals surface area contributed by atoms with Crippen LogP contribution in [0.4, 0.5) is 10.1 Å². The minimum absolute atomic E-state index is 0.0570. The van der Waals surface area contributed by atoms with Gasteiger partial charge < -0.3 is 19.5 Å². The molecule has 0 radical (unpaired) electrons. The normalized spacial score (nSPS) is 24.2. The van der Waals surface area contributed by atoms with Crippen LogP contribution in [0.15, 0.2) is 34.8 Å². The Labute approximate surface area is 154 Å². The third kappa shape index (κ3) is 2.77. The number of ether oxygens (including phenoxy) is 3. The number of methoxy groups -OCH3 is 2. The van der Waals surface area contributed by atoms with E-state index in [0.717, 1.165) is 27.7 Å². The second-order valence-electron chi connectivity index (χ2n) is 6.34. The Hall–Kier alpha value is -1.79. The molecule has 4 rings (SSSR count). The third-order valence-electron chi connectivity index (χ3n) is 5.01. The van der Waals surface area contributed by atoms with Crippen LogP contribution in [0.1, 0.15) is 29.7 Å². The molecule has 0 saturated carbocycles. The fourth-order valence-corrected chi connectivity index (χ4v) is 4.51. The molecule has 4 nitrogen and oxygen atoms in total. The van der Waals surface area contributed by atoms with Crippen molar-refractivity contribution in [3.05, 3.63) is 51.7 Å². The molecule has 0 amide bonds. The quantitative estimate of drug-likeness (QED) is 0.789. The fourth-order valence-electron chi connectivity index (χ4n) is 3.89. The lowest BCUT2D eigenvalue weighted by molar-refractivity contribution is 0.0826. The third-order valence-corrected chi connectivity index (χ3v) is 5.60. The van der Waals surface area contributed by atoms with Crippen LogP contribution in [-0.4, -0.2) is 20.8 Å². The van der Waals surface area contributed by atoms with Crippen LogP contribution in [-0.2, 0) is 4.74 Å². The van der Waals surface area contributed by atoms with Gasteiger partial charge in [0.15, 0.2) is 11.5 Å². The Morgan fingerprint density at radius 2 is 2.04 bits per heavy atom. The molecule has 2 aliphatic rings. The van der Waals surface area contributed by atoms with Gasteiger partial charge in [-0.1, -0.05) is 0 Å². The van der Waals surface area contributed by atoms with Gasteiger partial charge in [0.25, 0.3) is 0 Å². The summed E-state index contributed by atoms with van der Waals surface area (Å²) in [4.78, 5) is 0. The molecule has 2 heterocycles. The first kappa shape index (κ1) is 16.7. The first-order valence-electron chi connectivity index (χ1n) is 8.21. The average Bonchev–Trinajstić information content (AvgIpc) is 3.10. The van der Waals surface area contributed by atoms with Crippen molar-refractivity contribution >= 4 is 21.6 Å². The number of halogens is 2. The molecule has 0 unspecified atom stereocenters. The standard InChI is InChI=1S/C19H19BrFNO3/c1-23-16-8-10(7-14(20)19(16)24-2)17-12-5-6-25-18(12)13-9-11(21)3-4-15(13)22-17/h3-4,7-9,12,17-18,22H,5-6H2,1-2H3/t12-,17+,18-/m0/s1. The summed E-state index contributed by atoms with van der Waals surface area (Å²) < 4.78 is 31.4. The second-order valence-corrected chi connectivity index (χ2v) is 7.19. The molecule has 0 aliphatic carbocycles. The number of hydrogen-bond acceptors (Lipinski definition) is 4. The lowest BCUT2D eigenvalue weighted by Crippen LogP contribution is -2.29. The largest absolute Gasteiger partial charge is 0.493 e. The van der Waals surface area contributed by atoms with E-state index in [2.05, 4.69) is 21.2 Å². The monoisotopic (exact) mass is 407 g/mol. The molecule has 1 N–H and O–H groups in total. The molecule has 0 spiro atoms. The molecular weight excluding hydrogens is 389 g/mol. The number of benzene rings is 2. The summed E-state index contributed by atoms with van der Waals surface area (Å²) >= 11 is 3.57. The molecule has 2 aromatic carbocycles. The van der Waals surface area contributed by atoms with Gasteiger partial charge in [0.1, 0.15) is 5.82 Å². The second kappa shape index (κ2) is 6.50. The topological polar surface area (TPSA) is 39.7 Å². The van der Waals surface area contributed by atoms with Gasteiger partial charge in [-0.25, -0.2) is 4.39 Å². The summed E-state index contributed by atoms with van der Waals surface area (Å²) in [5, 5.41) is 3.56. The summed E-state index contributed by atoms with van der Waals surface area (Å²) in [5.74, 6) is 1.35. The van der Waals surface area contributed by atoms with E-state index < -0.39 is 0 Å². The van der Waals surface area contributed by atoms with E-state index >= 15 is 0 Å². The number of nitrogens with one attached hydrogen (secondary N) is 1. The van der Waals surface area contributed by atoms with E-state index in [1.54, 1.807) is 26.4 Å². The van der Waals surface area contributed by atoms with E-state index in [4.69, 9.17) is 14.2 Å². The zero-order valence-electron chi connectivity index (χ0n) is 14.0. The number of hydrogen-bond donors (Lipinski definition) is 1. The predicted octanol–water partition coefficient (Wildman–Crippen LogP) is 4.85. The van der Waals surface area contributed by atoms with Crippen molar-refractivity contribution < 1.29 is 18.6 Å². The molecule has 0 aromatic heterocycles. The van der Waals surface area contributed by atoms with E-state index in [-0.39, 0.29) is 23.9 Å². The van der Waals surface area contributed by atoms with Gasteiger partial charge >= 0.3 is 0 Å². The van der Waals surface area contributed by atoms with Crippen LogP contribution < -0.4 is 14.8 Å². The van der Waals surface area contributed by atoms with Crippen molar-refractivity contribution in [2.24, 2.45) is 5.92 Å². The van der Waals surface area contributed by atoms with Gasteiger partial charge in [0.05, 0.1) is 30.8 Å². The van der Waals surface area contributed by atoms with Gasteiger partial charge in [0.2, 0.25) is 0 Å². The number of fused-ring (bicyclic) bond motifs is 3. The molecule has 132 valence electrons. The van der Waals surface area contributed by atoms with Gasteiger partial charge in [-0.2, -0.15) is 0 Å². The zero-order chi connectivity index (χ0) is 17.6. The van der Waals surface area contributed by atoms with E-state index in [0.29, 0.717) is 18.1 Å². The average molecular weight is 408 g/mol. The van der Waals surface area contributed by atoms with Gasteiger partial charge in [-0.05, 0) is 58.2 Å². The van der Waals surface area contributed by atoms with Crippen molar-refractivity contribution in [3.63, 3.8) is 0 Å². The van der Waals surface area contributed by atoms with Crippen LogP contribution in [0.25, 0.3) is 0 Å². The summed E-state index contributed by atoms with van der Waals surface area (Å²) in [5.41, 5.74) is 2.90. The van der Waals surface area contributed by atoms with Gasteiger partial charge in [-0.15, -0.1) is 0 Å². The Morgan fingerprint density at radius 3 is 2.80 bits per heavy atom. The van der Waals surface area contributed by atoms with Crippen LogP contribution in [0.3, 0.4) is 0 Å². The maximum Gasteiger partial charge on any atom is 0.174 e. The maximum absolute atomic E-state index is 13.7. The molecule has 1 fully saturated rings. The highest BCUT2D eigenvalue weighted by Crippen LogP contribution is 2.51. The van der Waals surface area contributed by atoms with Crippen molar-refractivity contribution in [2.75, 3.05) is 26.1 Å². The fraction of sp³-hybridized carbons (Fsp3) is 0.368. The molecule has 3 atom stereocenters. The van der Waals surface area contributed by atoms with Crippen molar-refractivity contribution in [1.29, 1.82) is 0 Å². The first-order valence-corrected chi connectivity index (χ1v) is 9.00. The number of rotatable bonds is 3. The van der Waals surface area contributed by atoms with Crippen LogP contribution in [0, 0.1) is 11.7 Å². The van der Waals surface area contributed by atoms with Crippen LogP contribution >= 0.6 is 15.9 Å². The summed E-state index contributed by atoms with van der Waals surface area (Å²) in [6, 6.07) is 8.93. The van der Waals surface area contributed by atoms with E-state index in [9.17, 15) is 4.39 Å². The molecule has 2 aliphatic heterocycles. The molecule has 1 saturated heterocycles. The molecule has 0 bridgehead atoms. The Balaban J connectivity index is 1.78. The van der Waals surface area contributed by atoms with Crippen LogP contribution in [0.2, 0.25) is 0 Å². The molecule has 6 heteroatoms. The first-order chi connectivity index (χ1) is 12.1. The minimum atomic E-state index is -0.234. The number of anilines is 1. The molecular formula is C19H19BrFNO3. The smallest absolute Gasteiger partial charge is 0.174 e. The Bertz CT molecular complexity index is 813.